The fraction of sp³-hybridized carbons (Fsp3) is 0.519. The fourth-order valence-corrected chi connectivity index (χ4v) is 5.36. The number of aldehydes is 1. The Bertz CT molecular complexity index is 1260. The second kappa shape index (κ2) is 10.2. The van der Waals surface area contributed by atoms with Crippen molar-refractivity contribution < 1.29 is 4.79 Å². The maximum Gasteiger partial charge on any atom is 0.277 e. The van der Waals surface area contributed by atoms with E-state index < -0.39 is 0 Å². The lowest BCUT2D eigenvalue weighted by Crippen LogP contribution is -2.39. The van der Waals surface area contributed by atoms with Gasteiger partial charge in [-0.05, 0) is 55.9 Å². The highest BCUT2D eigenvalue weighted by atomic mass is 16.1. The number of hydrogen-bond acceptors (Lipinski definition) is 8. The highest BCUT2D eigenvalue weighted by Gasteiger charge is 2.32. The Hall–Kier alpha value is -3.49. The van der Waals surface area contributed by atoms with Crippen molar-refractivity contribution in [3.05, 3.63) is 40.8 Å². The third-order valence-electron chi connectivity index (χ3n) is 7.74. The molecule has 0 saturated carbocycles. The van der Waals surface area contributed by atoms with Crippen LogP contribution in [0.25, 0.3) is 10.9 Å². The Morgan fingerprint density at radius 2 is 1.67 bits per heavy atom. The molecule has 9 nitrogen and oxygen atoms in total. The molecule has 2 aliphatic heterocycles. The third-order valence-corrected chi connectivity index (χ3v) is 7.74. The smallest absolute Gasteiger partial charge is 0.277 e. The quantitative estimate of drug-likeness (QED) is 0.494. The van der Waals surface area contributed by atoms with Crippen LogP contribution in [0.5, 0.6) is 0 Å². The van der Waals surface area contributed by atoms with Crippen molar-refractivity contribution in [3.63, 3.8) is 0 Å². The monoisotopic (exact) mass is 489 g/mol. The number of fused-ring (bicyclic) bond motifs is 1. The molecule has 2 aliphatic rings. The number of nitrogens with zero attached hydrogens (tertiary/aromatic N) is 5. The molecule has 190 valence electrons. The minimum Gasteiger partial charge on any atom is -0.372 e. The lowest BCUT2D eigenvalue weighted by molar-refractivity contribution is -0.117. The lowest BCUT2D eigenvalue weighted by atomic mass is 9.75. The molecule has 0 bridgehead atoms. The van der Waals surface area contributed by atoms with Gasteiger partial charge in [-0.3, -0.25) is 4.79 Å². The molecular formula is C27H35N7O2. The van der Waals surface area contributed by atoms with Crippen molar-refractivity contribution in [3.8, 4) is 0 Å². The van der Waals surface area contributed by atoms with Crippen molar-refractivity contribution in [2.24, 2.45) is 11.3 Å². The molecule has 9 heteroatoms. The standard InChI is InChI=1S/C27H35N7O2/c1-27(2,18-35)19-11-15-33(16-12-19)21-9-7-20(8-10-21)29-24-23-22(17-28-32-25(23)36)30-26(31-24)34-13-5-3-4-6-14-34/h7-10,17-19H,3-6,11-16H2,1-2H3,(H,32,36)(H,29,30,31). The van der Waals surface area contributed by atoms with Gasteiger partial charge in [-0.15, -0.1) is 0 Å². The highest BCUT2D eigenvalue weighted by Crippen LogP contribution is 2.35. The van der Waals surface area contributed by atoms with Crippen LogP contribution in [-0.2, 0) is 4.79 Å². The number of nitrogens with one attached hydrogen (secondary N) is 2. The molecule has 0 unspecified atom stereocenters. The number of piperidine rings is 1. The molecule has 0 amide bonds. The van der Waals surface area contributed by atoms with Gasteiger partial charge in [0.05, 0.1) is 6.20 Å². The van der Waals surface area contributed by atoms with E-state index >= 15 is 0 Å². The van der Waals surface area contributed by atoms with Crippen molar-refractivity contribution >= 4 is 40.3 Å². The maximum atomic E-state index is 12.6. The number of aromatic nitrogens is 4. The molecule has 0 atom stereocenters. The summed E-state index contributed by atoms with van der Waals surface area (Å²) in [5.74, 6) is 1.55. The van der Waals surface area contributed by atoms with E-state index in [0.29, 0.717) is 28.6 Å². The van der Waals surface area contributed by atoms with E-state index in [9.17, 15) is 9.59 Å². The van der Waals surface area contributed by atoms with Gasteiger partial charge in [0.2, 0.25) is 5.95 Å². The summed E-state index contributed by atoms with van der Waals surface area (Å²) in [5, 5.41) is 10.2. The number of rotatable bonds is 6. The summed E-state index contributed by atoms with van der Waals surface area (Å²) in [6, 6.07) is 8.23. The van der Waals surface area contributed by atoms with E-state index in [1.807, 2.05) is 26.0 Å². The van der Waals surface area contributed by atoms with Crippen molar-refractivity contribution in [2.75, 3.05) is 41.3 Å². The predicted octanol–water partition coefficient (Wildman–Crippen LogP) is 4.28. The number of benzene rings is 1. The Kier molecular flexibility index (Phi) is 6.89. The summed E-state index contributed by atoms with van der Waals surface area (Å²) in [7, 11) is 0. The topological polar surface area (TPSA) is 107 Å². The molecule has 1 aromatic carbocycles. The normalized spacial score (nSPS) is 17.7. The van der Waals surface area contributed by atoms with Crippen LogP contribution in [0.1, 0.15) is 52.4 Å². The molecule has 2 fully saturated rings. The molecular weight excluding hydrogens is 454 g/mol. The molecule has 2 aromatic heterocycles. The first kappa shape index (κ1) is 24.2. The highest BCUT2D eigenvalue weighted by molar-refractivity contribution is 5.90. The van der Waals surface area contributed by atoms with Crippen LogP contribution in [0.4, 0.5) is 23.1 Å². The van der Waals surface area contributed by atoms with Crippen LogP contribution >= 0.6 is 0 Å². The molecule has 2 N–H and O–H groups in total. The first-order valence-electron chi connectivity index (χ1n) is 13.0. The largest absolute Gasteiger partial charge is 0.372 e. The Labute approximate surface area is 211 Å². The van der Waals surface area contributed by atoms with Gasteiger partial charge in [0.1, 0.15) is 23.0 Å². The summed E-state index contributed by atoms with van der Waals surface area (Å²) < 4.78 is 0. The maximum absolute atomic E-state index is 12.6. The molecule has 5 rings (SSSR count). The van der Waals surface area contributed by atoms with Crippen LogP contribution < -0.4 is 20.7 Å². The Morgan fingerprint density at radius 3 is 2.33 bits per heavy atom. The molecule has 3 aromatic rings. The molecule has 0 aliphatic carbocycles. The Morgan fingerprint density at radius 1 is 0.972 bits per heavy atom. The SMILES string of the molecule is CC(C)(C=O)C1CCN(c2ccc(Nc3nc(N4CCCCCC4)nc4cn[nH]c(=O)c34)cc2)CC1. The van der Waals surface area contributed by atoms with Gasteiger partial charge in [-0.25, -0.2) is 10.1 Å². The van der Waals surface area contributed by atoms with Crippen LogP contribution in [0.15, 0.2) is 35.3 Å². The van der Waals surface area contributed by atoms with Gasteiger partial charge in [0.25, 0.3) is 5.56 Å². The summed E-state index contributed by atoms with van der Waals surface area (Å²) >= 11 is 0. The van der Waals surface area contributed by atoms with E-state index in [4.69, 9.17) is 4.98 Å². The van der Waals surface area contributed by atoms with Crippen molar-refractivity contribution in [1.29, 1.82) is 0 Å². The first-order valence-corrected chi connectivity index (χ1v) is 13.0. The average Bonchev–Trinajstić information content (AvgIpc) is 3.19. The predicted molar refractivity (Wildman–Crippen MR) is 143 cm³/mol. The zero-order valence-electron chi connectivity index (χ0n) is 21.2. The van der Waals surface area contributed by atoms with E-state index in [-0.39, 0.29) is 11.0 Å². The number of H-pyrrole nitrogens is 1. The molecule has 0 radical (unpaired) electrons. The van der Waals surface area contributed by atoms with Gasteiger partial charge in [-0.2, -0.15) is 10.1 Å². The number of carbonyl (C=O) groups is 1. The van der Waals surface area contributed by atoms with Crippen LogP contribution in [-0.4, -0.2) is 52.6 Å². The van der Waals surface area contributed by atoms with Crippen molar-refractivity contribution in [2.45, 2.75) is 52.4 Å². The number of hydrogen-bond donors (Lipinski definition) is 2. The minimum atomic E-state index is -0.310. The average molecular weight is 490 g/mol. The molecule has 4 heterocycles. The van der Waals surface area contributed by atoms with E-state index in [2.05, 4.69) is 42.4 Å². The second-order valence-corrected chi connectivity index (χ2v) is 10.6. The molecule has 0 spiro atoms. The Balaban J connectivity index is 1.36. The summed E-state index contributed by atoms with van der Waals surface area (Å²) in [6.45, 7) is 7.78. The van der Waals surface area contributed by atoms with Gasteiger partial charge in [0, 0.05) is 43.0 Å². The van der Waals surface area contributed by atoms with E-state index in [1.54, 1.807) is 6.20 Å². The van der Waals surface area contributed by atoms with E-state index in [0.717, 1.165) is 69.5 Å². The van der Waals surface area contributed by atoms with Gasteiger partial charge < -0.3 is 19.9 Å². The number of anilines is 4. The zero-order valence-corrected chi connectivity index (χ0v) is 21.2. The van der Waals surface area contributed by atoms with Crippen LogP contribution in [0, 0.1) is 11.3 Å². The summed E-state index contributed by atoms with van der Waals surface area (Å²) in [4.78, 5) is 38.1. The van der Waals surface area contributed by atoms with Crippen LogP contribution in [0.3, 0.4) is 0 Å². The summed E-state index contributed by atoms with van der Waals surface area (Å²) in [5.41, 5.74) is 1.97. The zero-order chi connectivity index (χ0) is 25.1. The number of carbonyl (C=O) groups excluding carboxylic acids is 1. The van der Waals surface area contributed by atoms with Gasteiger partial charge >= 0.3 is 0 Å². The molecule has 36 heavy (non-hydrogen) atoms. The second-order valence-electron chi connectivity index (χ2n) is 10.6. The van der Waals surface area contributed by atoms with Crippen LogP contribution in [0.2, 0.25) is 0 Å². The molecule has 2 saturated heterocycles. The number of aromatic amines is 1. The summed E-state index contributed by atoms with van der Waals surface area (Å²) in [6.07, 6.45) is 9.37. The van der Waals surface area contributed by atoms with Crippen molar-refractivity contribution in [1.82, 2.24) is 20.2 Å². The van der Waals surface area contributed by atoms with Gasteiger partial charge in [0.15, 0.2) is 0 Å². The minimum absolute atomic E-state index is 0.264. The van der Waals surface area contributed by atoms with Gasteiger partial charge in [-0.1, -0.05) is 26.7 Å². The third kappa shape index (κ3) is 5.05. The first-order chi connectivity index (χ1) is 17.4. The van der Waals surface area contributed by atoms with E-state index in [1.165, 1.54) is 12.8 Å². The lowest BCUT2D eigenvalue weighted by Gasteiger charge is -2.39. The fourth-order valence-electron chi connectivity index (χ4n) is 5.36.